The number of nitriles is 2. The highest BCUT2D eigenvalue weighted by Gasteiger charge is 2.44. The van der Waals surface area contributed by atoms with E-state index in [0.717, 1.165) is 35.1 Å². The predicted octanol–water partition coefficient (Wildman–Crippen LogP) is 13.0. The summed E-state index contributed by atoms with van der Waals surface area (Å²) in [6.07, 6.45) is 6.48. The maximum atomic E-state index is 13.7. The Morgan fingerprint density at radius 1 is 0.702 bits per heavy atom. The second-order valence-corrected chi connectivity index (χ2v) is 16.2. The molecule has 7 nitrogen and oxygen atoms in total. The third-order valence-electron chi connectivity index (χ3n) is 7.69. The topological polar surface area (TPSA) is 131 Å². The number of alkyl halides is 5. The van der Waals surface area contributed by atoms with Crippen LogP contribution >= 0.6 is 23.5 Å². The molecule has 1 aliphatic rings. The minimum atomic E-state index is -5.84. The maximum Gasteiger partial charge on any atom is 0.522 e. The van der Waals surface area contributed by atoms with E-state index in [1.165, 1.54) is 37.2 Å². The van der Waals surface area contributed by atoms with Crippen molar-refractivity contribution in [3.05, 3.63) is 119 Å². The summed E-state index contributed by atoms with van der Waals surface area (Å²) in [6.45, 7) is 4.22. The lowest BCUT2D eigenvalue weighted by Crippen LogP contribution is -2.24. The first-order chi connectivity index (χ1) is 27.0. The van der Waals surface area contributed by atoms with Crippen LogP contribution in [-0.4, -0.2) is 41.2 Å². The molecule has 306 valence electrons. The molecule has 1 heterocycles. The number of thioether (sulfide) groups is 2. The Morgan fingerprint density at radius 3 is 1.49 bits per heavy atom. The van der Waals surface area contributed by atoms with Gasteiger partial charge in [-0.3, -0.25) is 4.55 Å². The molecular formula is C42H45F5N2O5S3. The van der Waals surface area contributed by atoms with Gasteiger partial charge in [-0.25, -0.2) is 0 Å². The van der Waals surface area contributed by atoms with Gasteiger partial charge in [-0.05, 0) is 102 Å². The summed E-state index contributed by atoms with van der Waals surface area (Å²) >= 11 is 4.08. The van der Waals surface area contributed by atoms with E-state index in [1.54, 1.807) is 64.9 Å². The maximum absolute atomic E-state index is 13.7. The lowest BCUT2D eigenvalue weighted by molar-refractivity contribution is -0.181. The molecule has 1 aliphatic heterocycles. The van der Waals surface area contributed by atoms with Crippen molar-refractivity contribution >= 4 is 33.6 Å². The van der Waals surface area contributed by atoms with Gasteiger partial charge in [-0.2, -0.15) is 40.9 Å². The first kappa shape index (κ1) is 48.6. The van der Waals surface area contributed by atoms with Crippen LogP contribution in [0.5, 0.6) is 11.5 Å². The largest absolute Gasteiger partial charge is 0.522 e. The third kappa shape index (κ3) is 19.4. The minimum absolute atomic E-state index is 0.156. The highest BCUT2D eigenvalue weighted by atomic mass is 32.2. The summed E-state index contributed by atoms with van der Waals surface area (Å²) in [6, 6.07) is 32.1. The number of hydrogen-bond acceptors (Lipinski definition) is 8. The number of phenolic OH excluding ortho intramolecular Hbond substituents is 1. The molecule has 0 aromatic heterocycles. The van der Waals surface area contributed by atoms with Gasteiger partial charge in [0.05, 0.1) is 29.7 Å². The molecule has 0 radical (unpaired) electrons. The van der Waals surface area contributed by atoms with E-state index in [0.29, 0.717) is 17.5 Å². The molecule has 0 saturated carbocycles. The van der Waals surface area contributed by atoms with Gasteiger partial charge in [0.1, 0.15) is 11.5 Å². The van der Waals surface area contributed by atoms with E-state index >= 15 is 0 Å². The van der Waals surface area contributed by atoms with Gasteiger partial charge in [-0.1, -0.05) is 94.1 Å². The number of nitrogens with zero attached hydrogens (tertiary/aromatic N) is 2. The van der Waals surface area contributed by atoms with Gasteiger partial charge < -0.3 is 9.84 Å². The van der Waals surface area contributed by atoms with Crippen LogP contribution in [0.15, 0.2) is 107 Å². The summed E-state index contributed by atoms with van der Waals surface area (Å²) in [4.78, 5) is 0. The van der Waals surface area contributed by atoms with Crippen molar-refractivity contribution in [2.45, 2.75) is 76.8 Å². The van der Waals surface area contributed by atoms with Crippen LogP contribution in [0.25, 0.3) is 22.3 Å². The molecule has 15 heteroatoms. The SMILES string of the molecule is CCCCC=C1SCCCS1.CCCCCC(F)(F)Oc1ccc(-c2ccc(C#N)cc2)cc1.N#Cc1ccc(-c2ccc(O)cc2)cc1.O=S(=O)(O)C(F)(F)F. The van der Waals surface area contributed by atoms with Crippen molar-refractivity contribution < 1.29 is 44.8 Å². The number of aromatic hydroxyl groups is 1. The van der Waals surface area contributed by atoms with E-state index < -0.39 is 21.7 Å². The quantitative estimate of drug-likeness (QED) is 0.0655. The van der Waals surface area contributed by atoms with Crippen molar-refractivity contribution in [2.75, 3.05) is 11.5 Å². The molecule has 0 unspecified atom stereocenters. The number of phenols is 1. The lowest BCUT2D eigenvalue weighted by atomic mass is 10.0. The van der Waals surface area contributed by atoms with Gasteiger partial charge >= 0.3 is 21.7 Å². The predicted molar refractivity (Wildman–Crippen MR) is 219 cm³/mol. The Morgan fingerprint density at radius 2 is 1.11 bits per heavy atom. The number of rotatable bonds is 11. The summed E-state index contributed by atoms with van der Waals surface area (Å²) in [7, 11) is -5.84. The van der Waals surface area contributed by atoms with Crippen molar-refractivity contribution in [1.82, 2.24) is 0 Å². The van der Waals surface area contributed by atoms with Gasteiger partial charge in [0, 0.05) is 4.24 Å². The van der Waals surface area contributed by atoms with E-state index in [4.69, 9.17) is 33.3 Å². The standard InChI is InChI=1S/C19H19F2NO.C13H9NO.C9H16S2.CHF3O3S/c1-2-3-4-13-19(20,21)23-18-11-9-17(10-12-18)16-7-5-15(14-22)6-8-16;14-9-10-1-3-11(4-2-10)12-5-7-13(15)8-6-12;1-2-3-4-6-9-10-7-5-8-11-9;2-1(3,4)8(5,6)7/h5-12H,2-4,13H2,1H3;1-8,15H;6H,2-5,7-8H2,1H3;(H,5,6,7). The van der Waals surface area contributed by atoms with E-state index in [1.807, 2.05) is 66.8 Å². The van der Waals surface area contributed by atoms with Crippen LogP contribution in [0.3, 0.4) is 0 Å². The number of benzene rings is 4. The molecule has 0 amide bonds. The highest BCUT2D eigenvalue weighted by molar-refractivity contribution is 8.22. The number of halogens is 5. The van der Waals surface area contributed by atoms with Gasteiger partial charge in [0.25, 0.3) is 0 Å². The molecule has 4 aromatic carbocycles. The molecule has 57 heavy (non-hydrogen) atoms. The monoisotopic (exact) mass is 848 g/mol. The van der Waals surface area contributed by atoms with E-state index in [2.05, 4.69) is 25.1 Å². The molecule has 0 atom stereocenters. The molecule has 1 saturated heterocycles. The highest BCUT2D eigenvalue weighted by Crippen LogP contribution is 2.35. The molecule has 5 rings (SSSR count). The molecule has 0 bridgehead atoms. The molecule has 2 N–H and O–H groups in total. The summed E-state index contributed by atoms with van der Waals surface area (Å²) in [5.74, 6) is 3.09. The van der Waals surface area contributed by atoms with Crippen LogP contribution in [0.2, 0.25) is 0 Å². The average molecular weight is 849 g/mol. The van der Waals surface area contributed by atoms with Crippen LogP contribution < -0.4 is 4.74 Å². The molecule has 4 aromatic rings. The smallest absolute Gasteiger partial charge is 0.508 e. The second kappa shape index (κ2) is 25.0. The average Bonchev–Trinajstić information content (AvgIpc) is 3.19. The second-order valence-electron chi connectivity index (χ2n) is 12.3. The van der Waals surface area contributed by atoms with E-state index in [9.17, 15) is 22.0 Å². The Bertz CT molecular complexity index is 1990. The van der Waals surface area contributed by atoms with Gasteiger partial charge in [0.15, 0.2) is 0 Å². The molecule has 0 aliphatic carbocycles. The van der Waals surface area contributed by atoms with Crippen molar-refractivity contribution in [3.8, 4) is 45.9 Å². The number of allylic oxidation sites excluding steroid dienone is 1. The van der Waals surface area contributed by atoms with E-state index in [-0.39, 0.29) is 17.9 Å². The fraction of sp³-hybridized carbons (Fsp3) is 0.333. The lowest BCUT2D eigenvalue weighted by Gasteiger charge is -2.18. The fourth-order valence-corrected chi connectivity index (χ4v) is 7.10. The van der Waals surface area contributed by atoms with Crippen LogP contribution in [0, 0.1) is 22.7 Å². The first-order valence-electron chi connectivity index (χ1n) is 18.0. The number of unbranched alkanes of at least 4 members (excludes halogenated alkanes) is 4. The Hall–Kier alpha value is -4.54. The summed E-state index contributed by atoms with van der Waals surface area (Å²) < 4.78 is 91.3. The van der Waals surface area contributed by atoms with Crippen molar-refractivity contribution in [1.29, 1.82) is 10.5 Å². The summed E-state index contributed by atoms with van der Waals surface area (Å²) in [5, 5.41) is 26.6. The van der Waals surface area contributed by atoms with Gasteiger partial charge in [0.2, 0.25) is 0 Å². The van der Waals surface area contributed by atoms with Crippen molar-refractivity contribution in [2.24, 2.45) is 0 Å². The Kier molecular flexibility index (Phi) is 21.3. The third-order valence-corrected chi connectivity index (χ3v) is 10.9. The zero-order valence-corrected chi connectivity index (χ0v) is 34.0. The van der Waals surface area contributed by atoms with Crippen LogP contribution in [0.1, 0.15) is 76.3 Å². The fourth-order valence-electron chi connectivity index (χ4n) is 4.64. The number of hydrogen-bond donors (Lipinski definition) is 2. The van der Waals surface area contributed by atoms with Crippen molar-refractivity contribution in [3.63, 3.8) is 0 Å². The van der Waals surface area contributed by atoms with Crippen LogP contribution in [-0.2, 0) is 10.1 Å². The Labute approximate surface area is 340 Å². The minimum Gasteiger partial charge on any atom is -0.508 e. The van der Waals surface area contributed by atoms with Gasteiger partial charge in [-0.15, -0.1) is 23.5 Å². The molecule has 1 fully saturated rings. The zero-order valence-electron chi connectivity index (χ0n) is 31.5. The first-order valence-corrected chi connectivity index (χ1v) is 21.4. The number of ether oxygens (including phenoxy) is 1. The Balaban J connectivity index is 0.000000284. The summed E-state index contributed by atoms with van der Waals surface area (Å²) in [5.41, 5.74) is -0.432. The van der Waals surface area contributed by atoms with Crippen LogP contribution in [0.4, 0.5) is 22.0 Å². The zero-order chi connectivity index (χ0) is 42.3. The molecule has 0 spiro atoms. The molecular weight excluding hydrogens is 804 g/mol. The normalized spacial score (nSPS) is 12.5.